The van der Waals surface area contributed by atoms with Gasteiger partial charge in [0.1, 0.15) is 0 Å². The smallest absolute Gasteiger partial charge is 0.269 e. The summed E-state index contributed by atoms with van der Waals surface area (Å²) < 4.78 is 1.74. The van der Waals surface area contributed by atoms with Crippen LogP contribution in [0.15, 0.2) is 71.8 Å². The Balaban J connectivity index is 0.000000207. The first kappa shape index (κ1) is 22.6. The number of para-hydroxylation sites is 1. The number of hydrogen-bond donors (Lipinski definition) is 2. The number of fused-ring (bicyclic) bond motifs is 1. The molecule has 2 aromatic heterocycles. The van der Waals surface area contributed by atoms with Crippen LogP contribution in [0.1, 0.15) is 33.6 Å². The van der Waals surface area contributed by atoms with E-state index >= 15 is 0 Å². The van der Waals surface area contributed by atoms with Gasteiger partial charge in [0.25, 0.3) is 17.4 Å². The van der Waals surface area contributed by atoms with Gasteiger partial charge in [-0.05, 0) is 36.1 Å². The van der Waals surface area contributed by atoms with Gasteiger partial charge in [-0.25, -0.2) is 9.97 Å². The fraction of sp³-hybridized carbons (Fsp3) is 0.0870. The van der Waals surface area contributed by atoms with Crippen LogP contribution in [0.5, 0.6) is 0 Å². The molecule has 0 spiro atoms. The van der Waals surface area contributed by atoms with Crippen molar-refractivity contribution in [3.8, 4) is 5.69 Å². The number of amides is 2. The zero-order chi connectivity index (χ0) is 23.3. The SMILES string of the molecule is CCc1cc2cccc(Cl)c2c(=O)n1-c1ccccc1.NC(=O)c1nccnc1C(N)=O. The Bertz CT molecular complexity index is 1320. The number of hydrogen-bond acceptors (Lipinski definition) is 5. The molecule has 0 aliphatic rings. The monoisotopic (exact) mass is 449 g/mol. The number of carbonyl (C=O) groups is 2. The fourth-order valence-electron chi connectivity index (χ4n) is 3.19. The van der Waals surface area contributed by atoms with Crippen molar-refractivity contribution in [3.63, 3.8) is 0 Å². The molecule has 32 heavy (non-hydrogen) atoms. The van der Waals surface area contributed by atoms with Crippen molar-refractivity contribution in [2.75, 3.05) is 0 Å². The highest BCUT2D eigenvalue weighted by Gasteiger charge is 2.14. The Morgan fingerprint density at radius 1 is 0.938 bits per heavy atom. The van der Waals surface area contributed by atoms with Crippen LogP contribution in [-0.2, 0) is 6.42 Å². The Morgan fingerprint density at radius 2 is 1.53 bits per heavy atom. The van der Waals surface area contributed by atoms with E-state index in [0.717, 1.165) is 23.2 Å². The van der Waals surface area contributed by atoms with Gasteiger partial charge >= 0.3 is 0 Å². The molecular formula is C23H20ClN5O3. The van der Waals surface area contributed by atoms with Crippen LogP contribution in [0.2, 0.25) is 5.02 Å². The van der Waals surface area contributed by atoms with E-state index in [2.05, 4.69) is 9.97 Å². The quantitative estimate of drug-likeness (QED) is 0.494. The molecule has 2 amide bonds. The lowest BCUT2D eigenvalue weighted by molar-refractivity contribution is 0.0959. The Kier molecular flexibility index (Phi) is 6.97. The average Bonchev–Trinajstić information content (AvgIpc) is 2.79. The van der Waals surface area contributed by atoms with Gasteiger partial charge in [-0.3, -0.25) is 19.0 Å². The molecular weight excluding hydrogens is 430 g/mol. The first-order valence-electron chi connectivity index (χ1n) is 9.64. The van der Waals surface area contributed by atoms with E-state index in [0.29, 0.717) is 10.4 Å². The van der Waals surface area contributed by atoms with Crippen LogP contribution >= 0.6 is 11.6 Å². The number of rotatable bonds is 4. The maximum absolute atomic E-state index is 12.8. The second-order valence-electron chi connectivity index (χ2n) is 6.65. The maximum Gasteiger partial charge on any atom is 0.269 e. The number of aryl methyl sites for hydroxylation is 1. The second-order valence-corrected chi connectivity index (χ2v) is 7.06. The molecule has 8 nitrogen and oxygen atoms in total. The molecule has 0 saturated heterocycles. The lowest BCUT2D eigenvalue weighted by atomic mass is 10.1. The standard InChI is InChI=1S/C17H14ClNO.C6H6N4O2/c1-2-13-11-12-7-6-10-15(18)16(12)17(20)19(13)14-8-4-3-5-9-14;7-5(11)3-4(6(8)12)10-2-1-9-3/h3-11H,2H2,1H3;1-2H,(H2,7,11)(H2,8,12). The van der Waals surface area contributed by atoms with Crippen molar-refractivity contribution in [2.24, 2.45) is 11.5 Å². The summed E-state index contributed by atoms with van der Waals surface area (Å²) in [5, 5.41) is 1.97. The van der Waals surface area contributed by atoms with Crippen molar-refractivity contribution in [1.29, 1.82) is 0 Å². The third-order valence-corrected chi connectivity index (χ3v) is 4.93. The largest absolute Gasteiger partial charge is 0.364 e. The molecule has 2 aromatic carbocycles. The molecule has 9 heteroatoms. The van der Waals surface area contributed by atoms with Crippen molar-refractivity contribution in [3.05, 3.63) is 99.4 Å². The van der Waals surface area contributed by atoms with Gasteiger partial charge in [0.05, 0.1) is 10.4 Å². The fourth-order valence-corrected chi connectivity index (χ4v) is 3.45. The summed E-state index contributed by atoms with van der Waals surface area (Å²) in [4.78, 5) is 41.2. The molecule has 0 aliphatic carbocycles. The first-order chi connectivity index (χ1) is 15.3. The molecule has 4 N–H and O–H groups in total. The minimum Gasteiger partial charge on any atom is -0.364 e. The van der Waals surface area contributed by atoms with Crippen molar-refractivity contribution >= 4 is 34.2 Å². The van der Waals surface area contributed by atoms with Gasteiger partial charge < -0.3 is 11.5 Å². The summed E-state index contributed by atoms with van der Waals surface area (Å²) >= 11 is 6.20. The summed E-state index contributed by atoms with van der Waals surface area (Å²) in [6.07, 6.45) is 3.30. The van der Waals surface area contributed by atoms with Crippen LogP contribution in [0.25, 0.3) is 16.5 Å². The predicted molar refractivity (Wildman–Crippen MR) is 123 cm³/mol. The van der Waals surface area contributed by atoms with Gasteiger partial charge in [-0.15, -0.1) is 0 Å². The molecule has 0 atom stereocenters. The maximum atomic E-state index is 12.8. The molecule has 162 valence electrons. The third-order valence-electron chi connectivity index (χ3n) is 4.61. The Labute approximate surface area is 188 Å². The van der Waals surface area contributed by atoms with Gasteiger partial charge in [0, 0.05) is 23.8 Å². The molecule has 4 aromatic rings. The summed E-state index contributed by atoms with van der Waals surface area (Å²) in [7, 11) is 0. The normalized spacial score (nSPS) is 10.3. The van der Waals surface area contributed by atoms with Crippen LogP contribution in [0, 0.1) is 0 Å². The van der Waals surface area contributed by atoms with Crippen molar-refractivity contribution in [1.82, 2.24) is 14.5 Å². The van der Waals surface area contributed by atoms with E-state index in [1.807, 2.05) is 55.5 Å². The molecule has 0 fully saturated rings. The van der Waals surface area contributed by atoms with Gasteiger partial charge in [0.2, 0.25) is 0 Å². The number of nitrogens with zero attached hydrogens (tertiary/aromatic N) is 3. The average molecular weight is 450 g/mol. The molecule has 0 unspecified atom stereocenters. The van der Waals surface area contributed by atoms with E-state index in [4.69, 9.17) is 23.1 Å². The number of carbonyl (C=O) groups excluding carboxylic acids is 2. The van der Waals surface area contributed by atoms with Crippen LogP contribution in [0.3, 0.4) is 0 Å². The molecule has 0 aliphatic heterocycles. The topological polar surface area (TPSA) is 134 Å². The minimum atomic E-state index is -0.822. The van der Waals surface area contributed by atoms with E-state index in [9.17, 15) is 14.4 Å². The van der Waals surface area contributed by atoms with E-state index < -0.39 is 11.8 Å². The highest BCUT2D eigenvalue weighted by Crippen LogP contribution is 2.22. The number of benzene rings is 2. The molecule has 4 rings (SSSR count). The molecule has 0 saturated carbocycles. The highest BCUT2D eigenvalue weighted by molar-refractivity contribution is 6.35. The highest BCUT2D eigenvalue weighted by atomic mass is 35.5. The number of nitrogens with two attached hydrogens (primary N) is 2. The van der Waals surface area contributed by atoms with Crippen molar-refractivity contribution in [2.45, 2.75) is 13.3 Å². The predicted octanol–water partition coefficient (Wildman–Crippen LogP) is 2.88. The summed E-state index contributed by atoms with van der Waals surface area (Å²) in [6, 6.07) is 17.3. The van der Waals surface area contributed by atoms with Crippen LogP contribution in [-0.4, -0.2) is 26.3 Å². The zero-order valence-electron chi connectivity index (χ0n) is 17.2. The summed E-state index contributed by atoms with van der Waals surface area (Å²) in [5.41, 5.74) is 11.2. The summed E-state index contributed by atoms with van der Waals surface area (Å²) in [5.74, 6) is -1.64. The van der Waals surface area contributed by atoms with Crippen LogP contribution in [0.4, 0.5) is 0 Å². The van der Waals surface area contributed by atoms with Crippen LogP contribution < -0.4 is 17.0 Å². The van der Waals surface area contributed by atoms with Gasteiger partial charge in [-0.1, -0.05) is 48.9 Å². The van der Waals surface area contributed by atoms with E-state index in [1.165, 1.54) is 12.4 Å². The third kappa shape index (κ3) is 4.65. The number of primary amides is 2. The number of halogens is 1. The van der Waals surface area contributed by atoms with Crippen molar-refractivity contribution < 1.29 is 9.59 Å². The lowest BCUT2D eigenvalue weighted by Gasteiger charge is -2.14. The number of aromatic nitrogens is 3. The second kappa shape index (κ2) is 9.84. The zero-order valence-corrected chi connectivity index (χ0v) is 17.9. The Hall–Kier alpha value is -4.04. The lowest BCUT2D eigenvalue weighted by Crippen LogP contribution is -2.23. The van der Waals surface area contributed by atoms with E-state index in [-0.39, 0.29) is 16.9 Å². The summed E-state index contributed by atoms with van der Waals surface area (Å²) in [6.45, 7) is 2.05. The molecule has 2 heterocycles. The Morgan fingerprint density at radius 3 is 2.06 bits per heavy atom. The van der Waals surface area contributed by atoms with E-state index in [1.54, 1.807) is 10.6 Å². The minimum absolute atomic E-state index is 0.0591. The first-order valence-corrected chi connectivity index (χ1v) is 10.0. The molecule has 0 radical (unpaired) electrons. The number of pyridine rings is 1. The van der Waals surface area contributed by atoms with Gasteiger partial charge in [0.15, 0.2) is 11.4 Å². The van der Waals surface area contributed by atoms with Gasteiger partial charge in [-0.2, -0.15) is 0 Å². The molecule has 0 bridgehead atoms.